The van der Waals surface area contributed by atoms with Gasteiger partial charge in [0.2, 0.25) is 0 Å². The molecule has 0 aliphatic carbocycles. The van der Waals surface area contributed by atoms with Crippen LogP contribution in [0.4, 0.5) is 0 Å². The molecule has 0 aliphatic heterocycles. The van der Waals surface area contributed by atoms with E-state index in [1.165, 1.54) is 0 Å². The molecule has 1 N–H and O–H groups in total. The van der Waals surface area contributed by atoms with Crippen molar-refractivity contribution in [3.05, 3.63) is 70.2 Å². The van der Waals surface area contributed by atoms with Crippen molar-refractivity contribution in [3.63, 3.8) is 0 Å². The third-order valence-corrected chi connectivity index (χ3v) is 3.65. The van der Waals surface area contributed by atoms with E-state index in [0.29, 0.717) is 18.7 Å². The van der Waals surface area contributed by atoms with E-state index in [2.05, 4.69) is 16.4 Å². The molecule has 0 spiro atoms. The van der Waals surface area contributed by atoms with Crippen LogP contribution in [-0.2, 0) is 13.1 Å². The van der Waals surface area contributed by atoms with E-state index < -0.39 is 0 Å². The van der Waals surface area contributed by atoms with Crippen molar-refractivity contribution in [1.82, 2.24) is 10.2 Å². The summed E-state index contributed by atoms with van der Waals surface area (Å²) in [5, 5.41) is 12.9. The van der Waals surface area contributed by atoms with E-state index in [-0.39, 0.29) is 0 Å². The van der Waals surface area contributed by atoms with Crippen LogP contribution < -0.4 is 5.32 Å². The molecule has 5 heteroatoms. The Bertz CT molecular complexity index is 717. The first-order valence-corrected chi connectivity index (χ1v) is 7.65. The molecule has 0 bridgehead atoms. The Hall–Kier alpha value is -2.51. The zero-order valence-electron chi connectivity index (χ0n) is 13.3. The van der Waals surface area contributed by atoms with Gasteiger partial charge in [0.05, 0.1) is 11.6 Å². The first-order chi connectivity index (χ1) is 11.1. The lowest BCUT2D eigenvalue weighted by Crippen LogP contribution is -2.38. The number of benzene rings is 2. The van der Waals surface area contributed by atoms with Crippen LogP contribution in [0.5, 0.6) is 0 Å². The van der Waals surface area contributed by atoms with Gasteiger partial charge in [0, 0.05) is 32.2 Å². The van der Waals surface area contributed by atoms with E-state index in [0.717, 1.165) is 22.1 Å². The maximum Gasteiger partial charge on any atom is 0.193 e. The van der Waals surface area contributed by atoms with Crippen LogP contribution in [0.2, 0.25) is 5.02 Å². The Labute approximate surface area is 142 Å². The first-order valence-electron chi connectivity index (χ1n) is 7.27. The second-order valence-corrected chi connectivity index (χ2v) is 5.63. The van der Waals surface area contributed by atoms with Crippen LogP contribution in [0.3, 0.4) is 0 Å². The van der Waals surface area contributed by atoms with Crippen molar-refractivity contribution >= 4 is 17.6 Å². The molecule has 118 valence electrons. The van der Waals surface area contributed by atoms with Crippen molar-refractivity contribution in [3.8, 4) is 6.07 Å². The summed E-state index contributed by atoms with van der Waals surface area (Å²) >= 11 is 6.02. The van der Waals surface area contributed by atoms with Gasteiger partial charge in [0.25, 0.3) is 0 Å². The third kappa shape index (κ3) is 5.01. The second kappa shape index (κ2) is 8.21. The molecule has 0 heterocycles. The maximum absolute atomic E-state index is 8.82. The highest BCUT2D eigenvalue weighted by atomic mass is 35.5. The van der Waals surface area contributed by atoms with E-state index in [1.54, 1.807) is 7.05 Å². The lowest BCUT2D eigenvalue weighted by atomic mass is 10.1. The van der Waals surface area contributed by atoms with Crippen molar-refractivity contribution in [2.75, 3.05) is 14.1 Å². The number of rotatable bonds is 4. The lowest BCUT2D eigenvalue weighted by molar-refractivity contribution is 0.476. The summed E-state index contributed by atoms with van der Waals surface area (Å²) in [6.45, 7) is 1.37. The summed E-state index contributed by atoms with van der Waals surface area (Å²) in [6.07, 6.45) is 0. The fraction of sp³-hybridized carbons (Fsp3) is 0.222. The molecule has 0 amide bonds. The average molecular weight is 327 g/mol. The zero-order valence-corrected chi connectivity index (χ0v) is 14.0. The number of guanidine groups is 1. The number of hydrogen-bond acceptors (Lipinski definition) is 2. The van der Waals surface area contributed by atoms with Crippen LogP contribution in [-0.4, -0.2) is 25.0 Å². The molecule has 23 heavy (non-hydrogen) atoms. The fourth-order valence-electron chi connectivity index (χ4n) is 2.25. The van der Waals surface area contributed by atoms with Crippen LogP contribution in [0.25, 0.3) is 0 Å². The van der Waals surface area contributed by atoms with Crippen LogP contribution in [0.15, 0.2) is 53.5 Å². The molecule has 0 atom stereocenters. The molecule has 0 fully saturated rings. The minimum atomic E-state index is 0.651. The molecule has 0 aliphatic rings. The number of hydrogen-bond donors (Lipinski definition) is 1. The van der Waals surface area contributed by atoms with Gasteiger partial charge >= 0.3 is 0 Å². The van der Waals surface area contributed by atoms with Gasteiger partial charge in [-0.25, -0.2) is 0 Å². The minimum Gasteiger partial charge on any atom is -0.352 e. The number of nitriles is 1. The molecule has 4 nitrogen and oxygen atoms in total. The molecular formula is C18H19ClN4. The summed E-state index contributed by atoms with van der Waals surface area (Å²) in [7, 11) is 3.74. The third-order valence-electron chi connectivity index (χ3n) is 3.42. The number of aliphatic imine (C=N–C) groups is 1. The van der Waals surface area contributed by atoms with Gasteiger partial charge in [-0.05, 0) is 35.4 Å². The van der Waals surface area contributed by atoms with Crippen LogP contribution in [0.1, 0.15) is 16.7 Å². The molecule has 2 aromatic rings. The van der Waals surface area contributed by atoms with Crippen LogP contribution >= 0.6 is 11.6 Å². The Kier molecular flexibility index (Phi) is 6.02. The number of nitrogens with one attached hydrogen (secondary N) is 1. The van der Waals surface area contributed by atoms with E-state index in [4.69, 9.17) is 16.9 Å². The van der Waals surface area contributed by atoms with Crippen LogP contribution in [0, 0.1) is 11.3 Å². The van der Waals surface area contributed by atoms with Crippen molar-refractivity contribution < 1.29 is 0 Å². The Morgan fingerprint density at radius 1 is 1.22 bits per heavy atom. The van der Waals surface area contributed by atoms with Gasteiger partial charge in [-0.2, -0.15) is 5.26 Å². The Balaban J connectivity index is 1.95. The maximum atomic E-state index is 8.82. The monoisotopic (exact) mass is 326 g/mol. The molecular weight excluding hydrogens is 308 g/mol. The van der Waals surface area contributed by atoms with E-state index >= 15 is 0 Å². The number of nitrogens with zero attached hydrogens (tertiary/aromatic N) is 3. The SMILES string of the molecule is CN=C(NCc1ccc(C#N)cc1)N(C)Cc1cccc(Cl)c1. The molecule has 0 saturated carbocycles. The van der Waals surface area contributed by atoms with Gasteiger partial charge in [-0.15, -0.1) is 0 Å². The van der Waals surface area contributed by atoms with Gasteiger partial charge < -0.3 is 10.2 Å². The average Bonchev–Trinajstić information content (AvgIpc) is 2.56. The van der Waals surface area contributed by atoms with E-state index in [1.807, 2.05) is 60.5 Å². The normalized spacial score (nSPS) is 11.0. The molecule has 0 unspecified atom stereocenters. The first kappa shape index (κ1) is 16.9. The fourth-order valence-corrected chi connectivity index (χ4v) is 2.46. The quantitative estimate of drug-likeness (QED) is 0.692. The molecule has 2 rings (SSSR count). The van der Waals surface area contributed by atoms with Gasteiger partial charge in [-0.3, -0.25) is 4.99 Å². The minimum absolute atomic E-state index is 0.651. The summed E-state index contributed by atoms with van der Waals surface area (Å²) in [4.78, 5) is 6.34. The summed E-state index contributed by atoms with van der Waals surface area (Å²) in [5.41, 5.74) is 2.89. The standard InChI is InChI=1S/C18H19ClN4/c1-21-18(22-12-15-8-6-14(11-20)7-9-15)23(2)13-16-4-3-5-17(19)10-16/h3-10H,12-13H2,1-2H3,(H,21,22). The van der Waals surface area contributed by atoms with Gasteiger partial charge in [0.1, 0.15) is 0 Å². The second-order valence-electron chi connectivity index (χ2n) is 5.20. The largest absolute Gasteiger partial charge is 0.352 e. The summed E-state index contributed by atoms with van der Waals surface area (Å²) < 4.78 is 0. The molecule has 0 aromatic heterocycles. The Morgan fingerprint density at radius 3 is 2.57 bits per heavy atom. The topological polar surface area (TPSA) is 51.4 Å². The molecule has 0 saturated heterocycles. The van der Waals surface area contributed by atoms with Gasteiger partial charge in [0.15, 0.2) is 5.96 Å². The highest BCUT2D eigenvalue weighted by Gasteiger charge is 2.07. The predicted molar refractivity (Wildman–Crippen MR) is 94.3 cm³/mol. The van der Waals surface area contributed by atoms with Crippen molar-refractivity contribution in [1.29, 1.82) is 5.26 Å². The predicted octanol–water partition coefficient (Wildman–Crippen LogP) is 3.42. The smallest absolute Gasteiger partial charge is 0.193 e. The van der Waals surface area contributed by atoms with E-state index in [9.17, 15) is 0 Å². The van der Waals surface area contributed by atoms with Gasteiger partial charge in [-0.1, -0.05) is 35.9 Å². The van der Waals surface area contributed by atoms with Crippen molar-refractivity contribution in [2.45, 2.75) is 13.1 Å². The highest BCUT2D eigenvalue weighted by molar-refractivity contribution is 6.30. The lowest BCUT2D eigenvalue weighted by Gasteiger charge is -2.22. The zero-order chi connectivity index (χ0) is 16.7. The summed E-state index contributed by atoms with van der Waals surface area (Å²) in [5.74, 6) is 0.800. The molecule has 0 radical (unpaired) electrons. The highest BCUT2D eigenvalue weighted by Crippen LogP contribution is 2.12. The molecule has 2 aromatic carbocycles. The number of halogens is 1. The summed E-state index contributed by atoms with van der Waals surface area (Å²) in [6, 6.07) is 17.4. The van der Waals surface area contributed by atoms with Crippen molar-refractivity contribution in [2.24, 2.45) is 4.99 Å². The Morgan fingerprint density at radius 2 is 1.96 bits per heavy atom.